The molecule has 0 radical (unpaired) electrons. The second kappa shape index (κ2) is 5.27. The van der Waals surface area contributed by atoms with E-state index in [9.17, 15) is 14.7 Å². The molecule has 7 atom stereocenters. The zero-order valence-corrected chi connectivity index (χ0v) is 15.2. The molecule has 0 aliphatic heterocycles. The SMILES string of the molecule is CC(=O)[C@@H]1CC[C@@H]2[C@H]3CCC4=CC(=O)C[C@H](O)[C@@]4(C)[C@@H]3CC[C@]21C. The molecule has 1 N–H and O–H groups in total. The van der Waals surface area contributed by atoms with Crippen LogP contribution in [0.5, 0.6) is 0 Å². The first-order valence-corrected chi connectivity index (χ1v) is 9.71. The van der Waals surface area contributed by atoms with Gasteiger partial charge in [-0.25, -0.2) is 0 Å². The second-order valence-electron chi connectivity index (χ2n) is 9.34. The van der Waals surface area contributed by atoms with Crippen molar-refractivity contribution in [3.05, 3.63) is 11.6 Å². The van der Waals surface area contributed by atoms with E-state index in [1.165, 1.54) is 5.57 Å². The van der Waals surface area contributed by atoms with Crippen LogP contribution < -0.4 is 0 Å². The summed E-state index contributed by atoms with van der Waals surface area (Å²) >= 11 is 0. The van der Waals surface area contributed by atoms with Gasteiger partial charge in [-0.1, -0.05) is 19.4 Å². The van der Waals surface area contributed by atoms with Crippen molar-refractivity contribution < 1.29 is 14.7 Å². The number of carbonyl (C=O) groups excluding carboxylic acids is 2. The summed E-state index contributed by atoms with van der Waals surface area (Å²) < 4.78 is 0. The lowest BCUT2D eigenvalue weighted by Crippen LogP contribution is -2.55. The zero-order chi connectivity index (χ0) is 17.3. The van der Waals surface area contributed by atoms with Gasteiger partial charge in [0.1, 0.15) is 5.78 Å². The molecule has 3 heteroatoms. The summed E-state index contributed by atoms with van der Waals surface area (Å²) in [6.07, 6.45) is 8.02. The molecule has 0 heterocycles. The van der Waals surface area contributed by atoms with Crippen molar-refractivity contribution in [1.29, 1.82) is 0 Å². The number of hydrogen-bond acceptors (Lipinski definition) is 3. The lowest BCUT2D eigenvalue weighted by atomic mass is 9.46. The van der Waals surface area contributed by atoms with Crippen LogP contribution in [-0.4, -0.2) is 22.8 Å². The van der Waals surface area contributed by atoms with Crippen molar-refractivity contribution in [2.45, 2.75) is 71.8 Å². The molecule has 3 saturated carbocycles. The molecule has 3 fully saturated rings. The third-order valence-corrected chi connectivity index (χ3v) is 8.56. The Morgan fingerprint density at radius 1 is 1.17 bits per heavy atom. The molecule has 132 valence electrons. The van der Waals surface area contributed by atoms with Gasteiger partial charge in [0.2, 0.25) is 0 Å². The minimum absolute atomic E-state index is 0.0894. The lowest BCUT2D eigenvalue weighted by molar-refractivity contribution is -0.134. The van der Waals surface area contributed by atoms with Crippen LogP contribution in [0.4, 0.5) is 0 Å². The largest absolute Gasteiger partial charge is 0.392 e. The molecule has 0 bridgehead atoms. The molecular formula is C21H30O3. The highest BCUT2D eigenvalue weighted by Gasteiger charge is 2.61. The van der Waals surface area contributed by atoms with Crippen LogP contribution in [0, 0.1) is 34.5 Å². The highest BCUT2D eigenvalue weighted by atomic mass is 16.3. The van der Waals surface area contributed by atoms with Crippen LogP contribution >= 0.6 is 0 Å². The average molecular weight is 330 g/mol. The Balaban J connectivity index is 1.70. The third kappa shape index (κ3) is 2.00. The fraction of sp³-hybridized carbons (Fsp3) is 0.810. The van der Waals surface area contributed by atoms with E-state index in [0.717, 1.165) is 38.5 Å². The van der Waals surface area contributed by atoms with Crippen LogP contribution in [-0.2, 0) is 9.59 Å². The first kappa shape index (κ1) is 16.5. The molecule has 3 nitrogen and oxygen atoms in total. The van der Waals surface area contributed by atoms with Crippen LogP contribution in [0.3, 0.4) is 0 Å². The summed E-state index contributed by atoms with van der Waals surface area (Å²) in [7, 11) is 0. The first-order chi connectivity index (χ1) is 11.3. The maximum atomic E-state index is 12.2. The number of aliphatic hydroxyl groups is 1. The zero-order valence-electron chi connectivity index (χ0n) is 15.2. The number of carbonyl (C=O) groups is 2. The molecule has 0 aromatic heterocycles. The second-order valence-corrected chi connectivity index (χ2v) is 9.34. The predicted molar refractivity (Wildman–Crippen MR) is 92.3 cm³/mol. The number of hydrogen-bond donors (Lipinski definition) is 1. The molecule has 0 unspecified atom stereocenters. The predicted octanol–water partition coefficient (Wildman–Crippen LogP) is 3.69. The highest BCUT2D eigenvalue weighted by Crippen LogP contribution is 2.66. The Bertz CT molecular complexity index is 621. The van der Waals surface area contributed by atoms with Gasteiger partial charge < -0.3 is 5.11 Å². The van der Waals surface area contributed by atoms with Crippen molar-refractivity contribution >= 4 is 11.6 Å². The molecule has 0 spiro atoms. The molecule has 0 amide bonds. The van der Waals surface area contributed by atoms with Crippen molar-refractivity contribution in [2.24, 2.45) is 34.5 Å². The number of fused-ring (bicyclic) bond motifs is 5. The van der Waals surface area contributed by atoms with E-state index in [1.807, 2.05) is 6.08 Å². The van der Waals surface area contributed by atoms with Gasteiger partial charge in [0.05, 0.1) is 6.10 Å². The maximum absolute atomic E-state index is 12.2. The highest BCUT2D eigenvalue weighted by molar-refractivity contribution is 5.92. The van der Waals surface area contributed by atoms with E-state index in [4.69, 9.17) is 0 Å². The number of aliphatic hydroxyl groups excluding tert-OH is 1. The Hall–Kier alpha value is -0.960. The van der Waals surface area contributed by atoms with E-state index >= 15 is 0 Å². The summed E-state index contributed by atoms with van der Waals surface area (Å²) in [4.78, 5) is 24.1. The minimum atomic E-state index is -0.535. The van der Waals surface area contributed by atoms with Gasteiger partial charge in [0.15, 0.2) is 5.78 Å². The Labute approximate surface area is 144 Å². The van der Waals surface area contributed by atoms with Gasteiger partial charge in [-0.05, 0) is 74.7 Å². The lowest BCUT2D eigenvalue weighted by Gasteiger charge is -2.59. The molecule has 4 aliphatic rings. The Morgan fingerprint density at radius 3 is 2.62 bits per heavy atom. The molecule has 4 rings (SSSR count). The summed E-state index contributed by atoms with van der Waals surface area (Å²) in [5.41, 5.74) is 1.11. The van der Waals surface area contributed by atoms with Crippen LogP contribution in [0.15, 0.2) is 11.6 Å². The average Bonchev–Trinajstić information content (AvgIpc) is 2.86. The summed E-state index contributed by atoms with van der Waals surface area (Å²) in [5, 5.41) is 10.8. The maximum Gasteiger partial charge on any atom is 0.158 e. The van der Waals surface area contributed by atoms with Crippen LogP contribution in [0.1, 0.15) is 65.7 Å². The fourth-order valence-electron chi connectivity index (χ4n) is 7.28. The summed E-state index contributed by atoms with van der Waals surface area (Å²) in [5.74, 6) is 2.35. The Morgan fingerprint density at radius 2 is 1.92 bits per heavy atom. The molecule has 0 aromatic carbocycles. The van der Waals surface area contributed by atoms with E-state index in [-0.39, 0.29) is 29.0 Å². The van der Waals surface area contributed by atoms with Gasteiger partial charge in [-0.15, -0.1) is 0 Å². The minimum Gasteiger partial charge on any atom is -0.392 e. The Kier molecular flexibility index (Phi) is 3.62. The standard InChI is InChI=1S/C21H30O3/c1-12(22)16-6-7-17-15-5-4-13-10-14(23)11-19(24)21(13,3)18(15)8-9-20(16,17)2/h10,15-19,24H,4-9,11H2,1-3H3/t15-,16+,17-,18-,19+,20+,21-/m1/s1. The number of rotatable bonds is 1. The number of Topliss-reactive ketones (excluding diaryl/α,β-unsaturated/α-hetero) is 1. The summed E-state index contributed by atoms with van der Waals surface area (Å²) in [6, 6.07) is 0. The topological polar surface area (TPSA) is 54.4 Å². The molecule has 4 aliphatic carbocycles. The molecule has 0 saturated heterocycles. The van der Waals surface area contributed by atoms with Gasteiger partial charge in [-0.2, -0.15) is 0 Å². The van der Waals surface area contributed by atoms with Crippen molar-refractivity contribution in [2.75, 3.05) is 0 Å². The number of ketones is 2. The van der Waals surface area contributed by atoms with Crippen molar-refractivity contribution in [3.63, 3.8) is 0 Å². The van der Waals surface area contributed by atoms with E-state index in [1.54, 1.807) is 6.92 Å². The van der Waals surface area contributed by atoms with E-state index in [0.29, 0.717) is 23.5 Å². The van der Waals surface area contributed by atoms with Crippen molar-refractivity contribution in [1.82, 2.24) is 0 Å². The third-order valence-electron chi connectivity index (χ3n) is 8.56. The summed E-state index contributed by atoms with van der Waals surface area (Å²) in [6.45, 7) is 6.32. The molecule has 24 heavy (non-hydrogen) atoms. The molecular weight excluding hydrogens is 300 g/mol. The normalized spacial score (nSPS) is 50.6. The van der Waals surface area contributed by atoms with E-state index < -0.39 is 6.10 Å². The smallest absolute Gasteiger partial charge is 0.158 e. The fourth-order valence-corrected chi connectivity index (χ4v) is 7.28. The van der Waals surface area contributed by atoms with Gasteiger partial charge >= 0.3 is 0 Å². The molecule has 0 aromatic rings. The van der Waals surface area contributed by atoms with Crippen LogP contribution in [0.2, 0.25) is 0 Å². The van der Waals surface area contributed by atoms with Crippen molar-refractivity contribution in [3.8, 4) is 0 Å². The monoisotopic (exact) mass is 330 g/mol. The quantitative estimate of drug-likeness (QED) is 0.797. The van der Waals surface area contributed by atoms with Gasteiger partial charge in [0, 0.05) is 17.8 Å². The van der Waals surface area contributed by atoms with E-state index in [2.05, 4.69) is 13.8 Å². The van der Waals surface area contributed by atoms with Gasteiger partial charge in [-0.3, -0.25) is 9.59 Å². The first-order valence-electron chi connectivity index (χ1n) is 9.71. The van der Waals surface area contributed by atoms with Gasteiger partial charge in [0.25, 0.3) is 0 Å². The van der Waals surface area contributed by atoms with Crippen LogP contribution in [0.25, 0.3) is 0 Å².